The zero-order valence-corrected chi connectivity index (χ0v) is 12.9. The SMILES string of the molecule is C=C(/C=C/C=C\C=C\C=C\C=O)Cc1ccnc(C(=C)C)c1. The molecule has 0 amide bonds. The molecule has 1 rings (SSSR count). The molecule has 112 valence electrons. The molecule has 2 heteroatoms. The summed E-state index contributed by atoms with van der Waals surface area (Å²) in [5, 5.41) is 0. The van der Waals surface area contributed by atoms with Gasteiger partial charge in [-0.15, -0.1) is 0 Å². The average molecular weight is 291 g/mol. The number of pyridine rings is 1. The topological polar surface area (TPSA) is 30.0 Å². The number of nitrogens with zero attached hydrogens (tertiary/aromatic N) is 1. The Balaban J connectivity index is 2.50. The van der Waals surface area contributed by atoms with E-state index in [2.05, 4.69) is 18.1 Å². The van der Waals surface area contributed by atoms with Crippen molar-refractivity contribution >= 4 is 11.9 Å². The molecule has 0 aromatic carbocycles. The highest BCUT2D eigenvalue weighted by atomic mass is 16.1. The van der Waals surface area contributed by atoms with Crippen molar-refractivity contribution < 1.29 is 4.79 Å². The summed E-state index contributed by atoms with van der Waals surface area (Å²) in [6.45, 7) is 9.90. The van der Waals surface area contributed by atoms with E-state index >= 15 is 0 Å². The minimum atomic E-state index is 0.746. The number of carbonyl (C=O) groups excluding carboxylic acids is 1. The van der Waals surface area contributed by atoms with Crippen molar-refractivity contribution in [1.82, 2.24) is 4.98 Å². The monoisotopic (exact) mass is 291 g/mol. The summed E-state index contributed by atoms with van der Waals surface area (Å²) in [6, 6.07) is 4.03. The van der Waals surface area contributed by atoms with Gasteiger partial charge >= 0.3 is 0 Å². The first-order chi connectivity index (χ1) is 10.6. The molecule has 0 unspecified atom stereocenters. The van der Waals surface area contributed by atoms with Gasteiger partial charge in [0.15, 0.2) is 0 Å². The fraction of sp³-hybridized carbons (Fsp3) is 0.100. The highest BCUT2D eigenvalue weighted by Gasteiger charge is 1.98. The van der Waals surface area contributed by atoms with Crippen molar-refractivity contribution in [3.05, 3.63) is 96.9 Å². The van der Waals surface area contributed by atoms with Gasteiger partial charge in [0, 0.05) is 6.20 Å². The third kappa shape index (κ3) is 7.15. The van der Waals surface area contributed by atoms with Crippen LogP contribution in [0.4, 0.5) is 0 Å². The molecule has 0 radical (unpaired) electrons. The second-order valence-corrected chi connectivity index (χ2v) is 4.81. The third-order valence-electron chi connectivity index (χ3n) is 2.77. The van der Waals surface area contributed by atoms with Crippen molar-refractivity contribution in [1.29, 1.82) is 0 Å². The van der Waals surface area contributed by atoms with E-state index in [1.165, 1.54) is 11.6 Å². The van der Waals surface area contributed by atoms with Crippen LogP contribution in [0.2, 0.25) is 0 Å². The molecule has 0 N–H and O–H groups in total. The zero-order chi connectivity index (χ0) is 16.2. The molecule has 0 aliphatic carbocycles. The summed E-state index contributed by atoms with van der Waals surface area (Å²) >= 11 is 0. The Hall–Kier alpha value is -2.74. The summed E-state index contributed by atoms with van der Waals surface area (Å²) in [7, 11) is 0. The van der Waals surface area contributed by atoms with Crippen LogP contribution in [-0.2, 0) is 11.2 Å². The highest BCUT2D eigenvalue weighted by Crippen LogP contribution is 2.13. The predicted octanol–water partition coefficient (Wildman–Crippen LogP) is 4.64. The lowest BCUT2D eigenvalue weighted by Crippen LogP contribution is -1.91. The first-order valence-electron chi connectivity index (χ1n) is 7.04. The van der Waals surface area contributed by atoms with Gasteiger partial charge < -0.3 is 0 Å². The van der Waals surface area contributed by atoms with Crippen molar-refractivity contribution in [2.24, 2.45) is 0 Å². The Bertz CT molecular complexity index is 645. The first-order valence-corrected chi connectivity index (χ1v) is 7.04. The molecule has 1 heterocycles. The quantitative estimate of drug-likeness (QED) is 0.397. The molecule has 0 fully saturated rings. The number of rotatable bonds is 8. The summed E-state index contributed by atoms with van der Waals surface area (Å²) in [5.41, 5.74) is 4.07. The molecule has 0 aliphatic heterocycles. The number of carbonyl (C=O) groups is 1. The molecule has 1 aromatic rings. The van der Waals surface area contributed by atoms with E-state index < -0.39 is 0 Å². The highest BCUT2D eigenvalue weighted by molar-refractivity contribution is 5.65. The van der Waals surface area contributed by atoms with Crippen LogP contribution in [0.3, 0.4) is 0 Å². The minimum Gasteiger partial charge on any atom is -0.299 e. The molecule has 0 saturated heterocycles. The molecule has 0 saturated carbocycles. The van der Waals surface area contributed by atoms with Gasteiger partial charge in [0.1, 0.15) is 6.29 Å². The summed E-state index contributed by atoms with van der Waals surface area (Å²) in [5.74, 6) is 0. The largest absolute Gasteiger partial charge is 0.299 e. The van der Waals surface area contributed by atoms with Crippen LogP contribution in [0.25, 0.3) is 5.57 Å². The van der Waals surface area contributed by atoms with Gasteiger partial charge in [-0.2, -0.15) is 0 Å². The van der Waals surface area contributed by atoms with Crippen LogP contribution >= 0.6 is 0 Å². The lowest BCUT2D eigenvalue weighted by atomic mass is 10.0. The molecular formula is C20H21NO. The number of allylic oxidation sites excluding steroid dienone is 10. The van der Waals surface area contributed by atoms with Crippen LogP contribution < -0.4 is 0 Å². The average Bonchev–Trinajstić information content (AvgIpc) is 2.50. The van der Waals surface area contributed by atoms with Crippen LogP contribution in [0.15, 0.2) is 85.7 Å². The molecule has 1 aromatic heterocycles. The lowest BCUT2D eigenvalue weighted by molar-refractivity contribution is -0.104. The Kier molecular flexibility index (Phi) is 7.91. The van der Waals surface area contributed by atoms with E-state index in [4.69, 9.17) is 0 Å². The van der Waals surface area contributed by atoms with E-state index in [1.807, 2.05) is 49.4 Å². The summed E-state index contributed by atoms with van der Waals surface area (Å²) in [4.78, 5) is 14.3. The van der Waals surface area contributed by atoms with Gasteiger partial charge in [-0.3, -0.25) is 9.78 Å². The van der Waals surface area contributed by atoms with Crippen molar-refractivity contribution in [2.75, 3.05) is 0 Å². The lowest BCUT2D eigenvalue weighted by Gasteiger charge is -2.04. The van der Waals surface area contributed by atoms with Gasteiger partial charge in [0.2, 0.25) is 0 Å². The molecule has 0 atom stereocenters. The van der Waals surface area contributed by atoms with Crippen molar-refractivity contribution in [3.63, 3.8) is 0 Å². The second kappa shape index (κ2) is 10.1. The van der Waals surface area contributed by atoms with E-state index in [9.17, 15) is 4.79 Å². The zero-order valence-electron chi connectivity index (χ0n) is 12.9. The standard InChI is InChI=1S/C20H21NO/c1-17(2)20-16-19(12-13-21-20)15-18(3)11-9-7-5-4-6-8-10-14-22/h4-14,16H,1,3,15H2,2H3/b6-4+,7-5-,10-8+,11-9+. The van der Waals surface area contributed by atoms with Crippen LogP contribution in [-0.4, -0.2) is 11.3 Å². The summed E-state index contributed by atoms with van der Waals surface area (Å²) in [6.07, 6.45) is 17.8. The molecule has 2 nitrogen and oxygen atoms in total. The van der Waals surface area contributed by atoms with Crippen molar-refractivity contribution in [2.45, 2.75) is 13.3 Å². The fourth-order valence-corrected chi connectivity index (χ4v) is 1.70. The number of hydrogen-bond donors (Lipinski definition) is 0. The van der Waals surface area contributed by atoms with E-state index in [0.717, 1.165) is 29.5 Å². The van der Waals surface area contributed by atoms with Crippen LogP contribution in [0.1, 0.15) is 18.2 Å². The third-order valence-corrected chi connectivity index (χ3v) is 2.77. The Labute approximate surface area is 132 Å². The maximum Gasteiger partial charge on any atom is 0.142 e. The van der Waals surface area contributed by atoms with Crippen molar-refractivity contribution in [3.8, 4) is 0 Å². The van der Waals surface area contributed by atoms with Gasteiger partial charge in [-0.05, 0) is 42.7 Å². The van der Waals surface area contributed by atoms with Crippen LogP contribution in [0, 0.1) is 0 Å². The Morgan fingerprint density at radius 2 is 1.73 bits per heavy atom. The van der Waals surface area contributed by atoms with E-state index in [-0.39, 0.29) is 0 Å². The van der Waals surface area contributed by atoms with Gasteiger partial charge in [0.25, 0.3) is 0 Å². The van der Waals surface area contributed by atoms with E-state index in [0.29, 0.717) is 0 Å². The molecule has 0 aliphatic rings. The fourth-order valence-electron chi connectivity index (χ4n) is 1.70. The number of aldehydes is 1. The predicted molar refractivity (Wildman–Crippen MR) is 94.4 cm³/mol. The van der Waals surface area contributed by atoms with Gasteiger partial charge in [-0.1, -0.05) is 61.3 Å². The molecule has 0 bridgehead atoms. The molecule has 0 spiro atoms. The molecule has 22 heavy (non-hydrogen) atoms. The van der Waals surface area contributed by atoms with Crippen LogP contribution in [0.5, 0.6) is 0 Å². The smallest absolute Gasteiger partial charge is 0.142 e. The normalized spacial score (nSPS) is 11.9. The minimum absolute atomic E-state index is 0.746. The number of hydrogen-bond acceptors (Lipinski definition) is 2. The first kappa shape index (κ1) is 17.3. The molecular weight excluding hydrogens is 270 g/mol. The maximum absolute atomic E-state index is 10.1. The van der Waals surface area contributed by atoms with Gasteiger partial charge in [0.05, 0.1) is 5.69 Å². The maximum atomic E-state index is 10.1. The second-order valence-electron chi connectivity index (χ2n) is 4.81. The number of aromatic nitrogens is 1. The Morgan fingerprint density at radius 1 is 1.09 bits per heavy atom. The van der Waals surface area contributed by atoms with Gasteiger partial charge in [-0.25, -0.2) is 0 Å². The summed E-state index contributed by atoms with van der Waals surface area (Å²) < 4.78 is 0. The van der Waals surface area contributed by atoms with E-state index in [1.54, 1.807) is 18.3 Å². The Morgan fingerprint density at radius 3 is 2.36 bits per heavy atom.